The minimum atomic E-state index is -4.44. The quantitative estimate of drug-likeness (QED) is 0.909. The first-order chi connectivity index (χ1) is 8.47. The van der Waals surface area contributed by atoms with Crippen LogP contribution in [0.15, 0.2) is 12.3 Å². The van der Waals surface area contributed by atoms with Gasteiger partial charge in [-0.15, -0.1) is 12.4 Å². The monoisotopic (exact) mass is 316 g/mol. The average Bonchev–Trinajstić information content (AvgIpc) is 2.32. The molecule has 0 saturated carbocycles. The molecule has 0 radical (unpaired) electrons. The number of hydrogen-bond donors (Lipinski definition) is 1. The highest BCUT2D eigenvalue weighted by Gasteiger charge is 2.32. The Hall–Kier alpha value is -0.720. The SMILES string of the molecule is Cl.FC(F)(F)c1cnc(OC2CCNCC2)c(Cl)c1. The predicted octanol–water partition coefficient (Wildman–Crippen LogP) is 3.31. The molecule has 8 heteroatoms. The molecule has 0 aliphatic carbocycles. The van der Waals surface area contributed by atoms with Gasteiger partial charge in [0.05, 0.1) is 5.56 Å². The molecule has 1 N–H and O–H groups in total. The van der Waals surface area contributed by atoms with E-state index in [0.29, 0.717) is 0 Å². The first-order valence-electron chi connectivity index (χ1n) is 5.57. The van der Waals surface area contributed by atoms with Crippen molar-refractivity contribution in [2.24, 2.45) is 0 Å². The number of nitrogens with zero attached hydrogens (tertiary/aromatic N) is 1. The highest BCUT2D eigenvalue weighted by atomic mass is 35.5. The molecule has 1 fully saturated rings. The first-order valence-corrected chi connectivity index (χ1v) is 5.95. The number of halogens is 5. The molecule has 2 rings (SSSR count). The largest absolute Gasteiger partial charge is 0.473 e. The van der Waals surface area contributed by atoms with Crippen molar-refractivity contribution in [3.8, 4) is 5.88 Å². The third kappa shape index (κ3) is 4.40. The molecule has 19 heavy (non-hydrogen) atoms. The summed E-state index contributed by atoms with van der Waals surface area (Å²) in [5.41, 5.74) is -0.870. The summed E-state index contributed by atoms with van der Waals surface area (Å²) in [7, 11) is 0. The summed E-state index contributed by atoms with van der Waals surface area (Å²) in [5.74, 6) is 0.0663. The summed E-state index contributed by atoms with van der Waals surface area (Å²) in [5, 5.41) is 3.05. The number of aromatic nitrogens is 1. The third-order valence-electron chi connectivity index (χ3n) is 2.70. The number of nitrogens with one attached hydrogen (secondary N) is 1. The maximum Gasteiger partial charge on any atom is 0.417 e. The van der Waals surface area contributed by atoms with Gasteiger partial charge in [-0.2, -0.15) is 13.2 Å². The molecule has 0 amide bonds. The van der Waals surface area contributed by atoms with Crippen molar-refractivity contribution >= 4 is 24.0 Å². The molecular weight excluding hydrogens is 304 g/mol. The van der Waals surface area contributed by atoms with Crippen molar-refractivity contribution in [3.05, 3.63) is 22.8 Å². The van der Waals surface area contributed by atoms with Gasteiger partial charge in [-0.05, 0) is 32.0 Å². The van der Waals surface area contributed by atoms with Crippen molar-refractivity contribution in [2.75, 3.05) is 13.1 Å². The molecule has 1 aliphatic heterocycles. The van der Waals surface area contributed by atoms with Crippen LogP contribution in [-0.4, -0.2) is 24.2 Å². The summed E-state index contributed by atoms with van der Waals surface area (Å²) >= 11 is 5.75. The second-order valence-electron chi connectivity index (χ2n) is 4.08. The molecule has 2 heterocycles. The number of rotatable bonds is 2. The topological polar surface area (TPSA) is 34.1 Å². The second-order valence-corrected chi connectivity index (χ2v) is 4.48. The zero-order chi connectivity index (χ0) is 13.2. The Morgan fingerprint density at radius 3 is 2.47 bits per heavy atom. The van der Waals surface area contributed by atoms with Crippen LogP contribution in [0.2, 0.25) is 5.02 Å². The van der Waals surface area contributed by atoms with Crippen LogP contribution in [0.25, 0.3) is 0 Å². The molecule has 1 aromatic heterocycles. The Kier molecular flexibility index (Phi) is 5.70. The number of alkyl halides is 3. The minimum Gasteiger partial charge on any atom is -0.473 e. The molecule has 0 unspecified atom stereocenters. The first kappa shape index (κ1) is 16.3. The van der Waals surface area contributed by atoms with Crippen LogP contribution in [0.1, 0.15) is 18.4 Å². The van der Waals surface area contributed by atoms with Gasteiger partial charge in [-0.3, -0.25) is 0 Å². The van der Waals surface area contributed by atoms with E-state index in [4.69, 9.17) is 16.3 Å². The Morgan fingerprint density at radius 2 is 1.95 bits per heavy atom. The summed E-state index contributed by atoms with van der Waals surface area (Å²) in [6, 6.07) is 0.838. The lowest BCUT2D eigenvalue weighted by atomic mass is 10.1. The Bertz CT molecular complexity index is 423. The van der Waals surface area contributed by atoms with E-state index in [9.17, 15) is 13.2 Å². The molecule has 1 aliphatic rings. The molecule has 1 aromatic rings. The van der Waals surface area contributed by atoms with Gasteiger partial charge in [0.25, 0.3) is 0 Å². The third-order valence-corrected chi connectivity index (χ3v) is 2.97. The summed E-state index contributed by atoms with van der Waals surface area (Å²) < 4.78 is 42.7. The van der Waals surface area contributed by atoms with E-state index in [0.717, 1.165) is 38.2 Å². The number of hydrogen-bond acceptors (Lipinski definition) is 3. The van der Waals surface area contributed by atoms with Crippen molar-refractivity contribution in [1.29, 1.82) is 0 Å². The van der Waals surface area contributed by atoms with E-state index in [1.165, 1.54) is 0 Å². The van der Waals surface area contributed by atoms with Gasteiger partial charge in [0, 0.05) is 6.20 Å². The zero-order valence-electron chi connectivity index (χ0n) is 9.84. The van der Waals surface area contributed by atoms with Crippen LogP contribution >= 0.6 is 24.0 Å². The fraction of sp³-hybridized carbons (Fsp3) is 0.545. The molecular formula is C11H13Cl2F3N2O. The van der Waals surface area contributed by atoms with Crippen LogP contribution in [0.5, 0.6) is 5.88 Å². The molecule has 3 nitrogen and oxygen atoms in total. The molecule has 0 atom stereocenters. The lowest BCUT2D eigenvalue weighted by Gasteiger charge is -2.23. The van der Waals surface area contributed by atoms with Gasteiger partial charge >= 0.3 is 6.18 Å². The van der Waals surface area contributed by atoms with Gasteiger partial charge in [0.2, 0.25) is 5.88 Å². The van der Waals surface area contributed by atoms with E-state index in [1.807, 2.05) is 0 Å². The van der Waals surface area contributed by atoms with E-state index in [-0.39, 0.29) is 29.4 Å². The zero-order valence-corrected chi connectivity index (χ0v) is 11.4. The minimum absolute atomic E-state index is 0. The van der Waals surface area contributed by atoms with Crippen molar-refractivity contribution < 1.29 is 17.9 Å². The molecule has 0 spiro atoms. The Balaban J connectivity index is 0.00000180. The molecule has 1 saturated heterocycles. The number of ether oxygens (including phenoxy) is 1. The van der Waals surface area contributed by atoms with Crippen LogP contribution in [0, 0.1) is 0 Å². The van der Waals surface area contributed by atoms with Crippen molar-refractivity contribution in [2.45, 2.75) is 25.1 Å². The summed E-state index contributed by atoms with van der Waals surface area (Å²) in [4.78, 5) is 3.64. The van der Waals surface area contributed by atoms with Gasteiger partial charge in [-0.25, -0.2) is 4.98 Å². The van der Waals surface area contributed by atoms with Crippen LogP contribution < -0.4 is 10.1 Å². The van der Waals surface area contributed by atoms with E-state index in [2.05, 4.69) is 10.3 Å². The van der Waals surface area contributed by atoms with Crippen LogP contribution in [-0.2, 0) is 6.18 Å². The summed E-state index contributed by atoms with van der Waals surface area (Å²) in [6.45, 7) is 1.64. The van der Waals surface area contributed by atoms with E-state index in [1.54, 1.807) is 0 Å². The smallest absolute Gasteiger partial charge is 0.417 e. The van der Waals surface area contributed by atoms with Gasteiger partial charge in [0.1, 0.15) is 11.1 Å². The Labute approximate surface area is 119 Å². The summed E-state index contributed by atoms with van der Waals surface area (Å²) in [6.07, 6.45) is -2.17. The fourth-order valence-corrected chi connectivity index (χ4v) is 1.95. The Morgan fingerprint density at radius 1 is 1.32 bits per heavy atom. The fourth-order valence-electron chi connectivity index (χ4n) is 1.74. The van der Waals surface area contributed by atoms with E-state index < -0.39 is 11.7 Å². The number of piperidine rings is 1. The van der Waals surface area contributed by atoms with Crippen LogP contribution in [0.3, 0.4) is 0 Å². The molecule has 108 valence electrons. The normalized spacial score (nSPS) is 16.8. The lowest BCUT2D eigenvalue weighted by molar-refractivity contribution is -0.137. The maximum atomic E-state index is 12.4. The maximum absolute atomic E-state index is 12.4. The highest BCUT2D eigenvalue weighted by molar-refractivity contribution is 6.31. The number of pyridine rings is 1. The van der Waals surface area contributed by atoms with Gasteiger partial charge in [-0.1, -0.05) is 11.6 Å². The second kappa shape index (κ2) is 6.63. The van der Waals surface area contributed by atoms with E-state index >= 15 is 0 Å². The highest BCUT2D eigenvalue weighted by Crippen LogP contribution is 2.33. The van der Waals surface area contributed by atoms with Crippen molar-refractivity contribution in [3.63, 3.8) is 0 Å². The van der Waals surface area contributed by atoms with Crippen molar-refractivity contribution in [1.82, 2.24) is 10.3 Å². The predicted molar refractivity (Wildman–Crippen MR) is 68.0 cm³/mol. The molecule has 0 bridgehead atoms. The average molecular weight is 317 g/mol. The standard InChI is InChI=1S/C11H12ClF3N2O.ClH/c12-9-5-7(11(13,14)15)6-17-10(9)18-8-1-3-16-4-2-8;/h5-6,8,16H,1-4H2;1H. The lowest BCUT2D eigenvalue weighted by Crippen LogP contribution is -2.34. The van der Waals surface area contributed by atoms with Gasteiger partial charge < -0.3 is 10.1 Å². The van der Waals surface area contributed by atoms with Crippen LogP contribution in [0.4, 0.5) is 13.2 Å². The molecule has 0 aromatic carbocycles. The van der Waals surface area contributed by atoms with Gasteiger partial charge in [0.15, 0.2) is 0 Å².